The normalized spacial score (nSPS) is 12.0. The fourth-order valence-corrected chi connectivity index (χ4v) is 2.02. The van der Waals surface area contributed by atoms with E-state index in [1.807, 2.05) is 29.1 Å². The van der Waals surface area contributed by atoms with Gasteiger partial charge in [0.2, 0.25) is 0 Å². The molecule has 1 aromatic carbocycles. The Morgan fingerprint density at radius 1 is 1.32 bits per heavy atom. The van der Waals surface area contributed by atoms with E-state index in [-0.39, 0.29) is 17.6 Å². The SMILES string of the molecule is O=C(NCCn1cccc1)NC[C@@H](O)c1ccc(Cl)c(F)c1. The molecule has 0 spiro atoms. The Labute approximate surface area is 132 Å². The predicted octanol–water partition coefficient (Wildman–Crippen LogP) is 2.31. The number of halogens is 2. The molecule has 7 heteroatoms. The third-order valence-corrected chi connectivity index (χ3v) is 3.41. The van der Waals surface area contributed by atoms with Crippen LogP contribution in [0.25, 0.3) is 0 Å². The van der Waals surface area contributed by atoms with Gasteiger partial charge in [0.15, 0.2) is 0 Å². The summed E-state index contributed by atoms with van der Waals surface area (Å²) in [5, 5.41) is 15.1. The number of nitrogens with zero attached hydrogens (tertiary/aromatic N) is 1. The van der Waals surface area contributed by atoms with Gasteiger partial charge in [0.05, 0.1) is 11.1 Å². The standard InChI is InChI=1S/C15H17ClFN3O2/c16-12-4-3-11(9-13(12)17)14(21)10-19-15(22)18-5-8-20-6-1-2-7-20/h1-4,6-7,9,14,21H,5,8,10H2,(H2,18,19,22)/t14-/m1/s1. The summed E-state index contributed by atoms with van der Waals surface area (Å²) < 4.78 is 15.2. The molecule has 0 bridgehead atoms. The molecule has 0 aliphatic carbocycles. The van der Waals surface area contributed by atoms with Crippen LogP contribution in [0.3, 0.4) is 0 Å². The summed E-state index contributed by atoms with van der Waals surface area (Å²) in [4.78, 5) is 11.6. The summed E-state index contributed by atoms with van der Waals surface area (Å²) in [6, 6.07) is 7.46. The van der Waals surface area contributed by atoms with Gasteiger partial charge in [-0.1, -0.05) is 17.7 Å². The molecule has 0 radical (unpaired) electrons. The highest BCUT2D eigenvalue weighted by Crippen LogP contribution is 2.19. The lowest BCUT2D eigenvalue weighted by Gasteiger charge is -2.13. The maximum Gasteiger partial charge on any atom is 0.314 e. The number of hydrogen-bond donors (Lipinski definition) is 3. The molecule has 2 rings (SSSR count). The molecular formula is C15H17ClFN3O2. The van der Waals surface area contributed by atoms with Crippen molar-refractivity contribution in [2.45, 2.75) is 12.6 Å². The zero-order valence-electron chi connectivity index (χ0n) is 11.8. The van der Waals surface area contributed by atoms with Crippen LogP contribution in [0.5, 0.6) is 0 Å². The number of aromatic nitrogens is 1. The highest BCUT2D eigenvalue weighted by atomic mass is 35.5. The van der Waals surface area contributed by atoms with Gasteiger partial charge in [-0.15, -0.1) is 0 Å². The maximum absolute atomic E-state index is 13.3. The van der Waals surface area contributed by atoms with Gasteiger partial charge in [0.25, 0.3) is 0 Å². The Morgan fingerprint density at radius 2 is 2.05 bits per heavy atom. The van der Waals surface area contributed by atoms with Crippen LogP contribution in [0.15, 0.2) is 42.7 Å². The minimum atomic E-state index is -0.998. The molecule has 1 aromatic heterocycles. The number of rotatable bonds is 6. The lowest BCUT2D eigenvalue weighted by atomic mass is 10.1. The van der Waals surface area contributed by atoms with E-state index in [0.717, 1.165) is 6.07 Å². The fourth-order valence-electron chi connectivity index (χ4n) is 1.91. The molecule has 1 heterocycles. The number of hydrogen-bond acceptors (Lipinski definition) is 2. The average Bonchev–Trinajstić information content (AvgIpc) is 3.01. The van der Waals surface area contributed by atoms with Gasteiger partial charge in [-0.3, -0.25) is 0 Å². The predicted molar refractivity (Wildman–Crippen MR) is 82.2 cm³/mol. The van der Waals surface area contributed by atoms with Crippen molar-refractivity contribution >= 4 is 17.6 Å². The second kappa shape index (κ2) is 7.82. The molecule has 0 saturated carbocycles. The summed E-state index contributed by atoms with van der Waals surface area (Å²) in [5.74, 6) is -0.602. The van der Waals surface area contributed by atoms with Gasteiger partial charge in [-0.05, 0) is 29.8 Å². The maximum atomic E-state index is 13.3. The largest absolute Gasteiger partial charge is 0.387 e. The van der Waals surface area contributed by atoms with E-state index in [1.165, 1.54) is 12.1 Å². The minimum Gasteiger partial charge on any atom is -0.387 e. The lowest BCUT2D eigenvalue weighted by molar-refractivity contribution is 0.172. The molecule has 5 nitrogen and oxygen atoms in total. The Bertz CT molecular complexity index is 619. The number of urea groups is 1. The smallest absolute Gasteiger partial charge is 0.314 e. The number of aliphatic hydroxyl groups excluding tert-OH is 1. The number of nitrogens with one attached hydrogen (secondary N) is 2. The minimum absolute atomic E-state index is 0.00772. The van der Waals surface area contributed by atoms with Gasteiger partial charge in [-0.2, -0.15) is 0 Å². The molecular weight excluding hydrogens is 309 g/mol. The molecule has 22 heavy (non-hydrogen) atoms. The van der Waals surface area contributed by atoms with Crippen LogP contribution in [-0.2, 0) is 6.54 Å². The molecule has 0 aliphatic rings. The summed E-state index contributed by atoms with van der Waals surface area (Å²) in [5.41, 5.74) is 0.356. The van der Waals surface area contributed by atoms with Gasteiger partial charge in [-0.25, -0.2) is 9.18 Å². The van der Waals surface area contributed by atoms with Gasteiger partial charge < -0.3 is 20.3 Å². The topological polar surface area (TPSA) is 66.3 Å². The van der Waals surface area contributed by atoms with E-state index in [4.69, 9.17) is 11.6 Å². The third-order valence-electron chi connectivity index (χ3n) is 3.11. The molecule has 2 aromatic rings. The van der Waals surface area contributed by atoms with Crippen molar-refractivity contribution in [1.29, 1.82) is 0 Å². The van der Waals surface area contributed by atoms with Crippen LogP contribution in [0.4, 0.5) is 9.18 Å². The first-order valence-corrected chi connectivity index (χ1v) is 7.19. The lowest BCUT2D eigenvalue weighted by Crippen LogP contribution is -2.39. The first-order valence-electron chi connectivity index (χ1n) is 6.81. The van der Waals surface area contributed by atoms with Crippen LogP contribution >= 0.6 is 11.6 Å². The van der Waals surface area contributed by atoms with E-state index >= 15 is 0 Å². The highest BCUT2D eigenvalue weighted by Gasteiger charge is 2.11. The molecule has 2 amide bonds. The van der Waals surface area contributed by atoms with Crippen LogP contribution in [0.2, 0.25) is 5.02 Å². The van der Waals surface area contributed by atoms with E-state index < -0.39 is 11.9 Å². The Hall–Kier alpha value is -2.05. The number of benzene rings is 1. The molecule has 0 unspecified atom stereocenters. The first-order chi connectivity index (χ1) is 10.6. The van der Waals surface area contributed by atoms with Gasteiger partial charge >= 0.3 is 6.03 Å². The van der Waals surface area contributed by atoms with Crippen LogP contribution in [0, 0.1) is 5.82 Å². The van der Waals surface area contributed by atoms with Crippen molar-refractivity contribution in [2.24, 2.45) is 0 Å². The number of carbonyl (C=O) groups is 1. The van der Waals surface area contributed by atoms with Crippen molar-refractivity contribution in [3.05, 3.63) is 59.1 Å². The second-order valence-electron chi connectivity index (χ2n) is 4.75. The summed E-state index contributed by atoms with van der Waals surface area (Å²) >= 11 is 5.57. The van der Waals surface area contributed by atoms with Crippen molar-refractivity contribution in [3.63, 3.8) is 0 Å². The molecule has 0 saturated heterocycles. The average molecular weight is 326 g/mol. The monoisotopic (exact) mass is 325 g/mol. The van der Waals surface area contributed by atoms with Crippen LogP contribution in [0.1, 0.15) is 11.7 Å². The molecule has 3 N–H and O–H groups in total. The van der Waals surface area contributed by atoms with Crippen molar-refractivity contribution in [2.75, 3.05) is 13.1 Å². The zero-order valence-corrected chi connectivity index (χ0v) is 12.6. The van der Waals surface area contributed by atoms with E-state index in [1.54, 1.807) is 0 Å². The van der Waals surface area contributed by atoms with Gasteiger partial charge in [0.1, 0.15) is 5.82 Å². The van der Waals surface area contributed by atoms with E-state index in [9.17, 15) is 14.3 Å². The molecule has 0 fully saturated rings. The summed E-state index contributed by atoms with van der Waals surface area (Å²) in [7, 11) is 0. The van der Waals surface area contributed by atoms with Crippen molar-refractivity contribution < 1.29 is 14.3 Å². The van der Waals surface area contributed by atoms with Crippen molar-refractivity contribution in [1.82, 2.24) is 15.2 Å². The zero-order chi connectivity index (χ0) is 15.9. The Morgan fingerprint density at radius 3 is 2.73 bits per heavy atom. The quantitative estimate of drug-likeness (QED) is 0.763. The summed E-state index contributed by atoms with van der Waals surface area (Å²) in [6.45, 7) is 1.11. The van der Waals surface area contributed by atoms with Gasteiger partial charge in [0, 0.05) is 32.0 Å². The first kappa shape index (κ1) is 16.3. The number of aliphatic hydroxyl groups is 1. The summed E-state index contributed by atoms with van der Waals surface area (Å²) in [6.07, 6.45) is 2.80. The Kier molecular flexibility index (Phi) is 5.80. The van der Waals surface area contributed by atoms with Crippen LogP contribution < -0.4 is 10.6 Å². The molecule has 118 valence electrons. The number of carbonyl (C=O) groups excluding carboxylic acids is 1. The van der Waals surface area contributed by atoms with E-state index in [2.05, 4.69) is 10.6 Å². The molecule has 1 atom stereocenters. The number of amides is 2. The van der Waals surface area contributed by atoms with Crippen molar-refractivity contribution in [3.8, 4) is 0 Å². The van der Waals surface area contributed by atoms with Crippen LogP contribution in [-0.4, -0.2) is 28.8 Å². The van der Waals surface area contributed by atoms with E-state index in [0.29, 0.717) is 18.7 Å². The second-order valence-corrected chi connectivity index (χ2v) is 5.15. The third kappa shape index (κ3) is 4.75. The Balaban J connectivity index is 1.72. The highest BCUT2D eigenvalue weighted by molar-refractivity contribution is 6.30. The fraction of sp³-hybridized carbons (Fsp3) is 0.267. The molecule has 0 aliphatic heterocycles.